The number of hydrogen-bond acceptors (Lipinski definition) is 3. The van der Waals surface area contributed by atoms with Crippen LogP contribution in [0.2, 0.25) is 0 Å². The summed E-state index contributed by atoms with van der Waals surface area (Å²) in [4.78, 5) is 11.8. The minimum Gasteiger partial charge on any atom is -0.396 e. The maximum atomic E-state index is 11.8. The third-order valence-corrected chi connectivity index (χ3v) is 3.20. The Morgan fingerprint density at radius 1 is 1.40 bits per heavy atom. The van der Waals surface area contributed by atoms with Crippen LogP contribution in [0.1, 0.15) is 38.2 Å². The van der Waals surface area contributed by atoms with Crippen LogP contribution < -0.4 is 5.32 Å². The second kappa shape index (κ2) is 7.66. The summed E-state index contributed by atoms with van der Waals surface area (Å²) >= 11 is 0. The quantitative estimate of drug-likeness (QED) is 0.800. The Morgan fingerprint density at radius 2 is 2.05 bits per heavy atom. The van der Waals surface area contributed by atoms with E-state index in [9.17, 15) is 4.79 Å². The molecule has 0 bridgehead atoms. The first-order valence-corrected chi connectivity index (χ1v) is 6.82. The lowest BCUT2D eigenvalue weighted by atomic mass is 9.90. The molecule has 0 aliphatic heterocycles. The predicted molar refractivity (Wildman–Crippen MR) is 77.9 cm³/mol. The van der Waals surface area contributed by atoms with Crippen LogP contribution in [0.4, 0.5) is 0 Å². The van der Waals surface area contributed by atoms with Gasteiger partial charge in [-0.1, -0.05) is 30.3 Å². The normalized spacial score (nSPS) is 12.5. The number of aliphatic hydroxyl groups is 1. The number of nitriles is 1. The average Bonchev–Trinajstić information content (AvgIpc) is 2.44. The zero-order chi connectivity index (χ0) is 15.0. The van der Waals surface area contributed by atoms with E-state index in [2.05, 4.69) is 11.4 Å². The largest absolute Gasteiger partial charge is 0.396 e. The molecule has 0 heterocycles. The van der Waals surface area contributed by atoms with E-state index in [0.717, 1.165) is 5.56 Å². The van der Waals surface area contributed by atoms with Crippen molar-refractivity contribution in [2.45, 2.75) is 32.6 Å². The fourth-order valence-corrected chi connectivity index (χ4v) is 2.01. The molecule has 0 radical (unpaired) electrons. The maximum absolute atomic E-state index is 11.8. The average molecular weight is 274 g/mol. The van der Waals surface area contributed by atoms with Gasteiger partial charge in [-0.2, -0.15) is 5.26 Å². The second-order valence-corrected chi connectivity index (χ2v) is 5.60. The highest BCUT2D eigenvalue weighted by molar-refractivity contribution is 5.77. The molecule has 4 nitrogen and oxygen atoms in total. The van der Waals surface area contributed by atoms with E-state index < -0.39 is 5.41 Å². The molecule has 2 N–H and O–H groups in total. The number of carbonyl (C=O) groups is 1. The number of nitrogens with zero attached hydrogens (tertiary/aromatic N) is 1. The highest BCUT2D eigenvalue weighted by atomic mass is 16.3. The Labute approximate surface area is 120 Å². The summed E-state index contributed by atoms with van der Waals surface area (Å²) in [5.74, 6) is -0.0363. The third kappa shape index (κ3) is 5.41. The summed E-state index contributed by atoms with van der Waals surface area (Å²) in [6.45, 7) is 4.05. The molecule has 0 unspecified atom stereocenters. The zero-order valence-electron chi connectivity index (χ0n) is 12.1. The molecule has 20 heavy (non-hydrogen) atoms. The van der Waals surface area contributed by atoms with Crippen LogP contribution in [-0.2, 0) is 4.79 Å². The summed E-state index contributed by atoms with van der Waals surface area (Å²) in [6, 6.07) is 11.9. The number of hydrogen-bond donors (Lipinski definition) is 2. The van der Waals surface area contributed by atoms with Crippen molar-refractivity contribution in [3.8, 4) is 6.07 Å². The lowest BCUT2D eigenvalue weighted by molar-refractivity contribution is -0.122. The van der Waals surface area contributed by atoms with Gasteiger partial charge in [0, 0.05) is 25.5 Å². The standard InChI is InChI=1S/C16H22N2O2/c1-16(2,12-17)10-15(20)18-11-14(8-9-19)13-6-4-3-5-7-13/h3-7,14,19H,8-11H2,1-2H3,(H,18,20)/t14-/m0/s1. The monoisotopic (exact) mass is 274 g/mol. The molecule has 1 aromatic carbocycles. The minimum atomic E-state index is -0.649. The van der Waals surface area contributed by atoms with Gasteiger partial charge in [-0.3, -0.25) is 4.79 Å². The molecular formula is C16H22N2O2. The molecule has 1 amide bonds. The van der Waals surface area contributed by atoms with Crippen molar-refractivity contribution in [2.75, 3.05) is 13.2 Å². The summed E-state index contributed by atoms with van der Waals surface area (Å²) in [7, 11) is 0. The Hall–Kier alpha value is -1.86. The van der Waals surface area contributed by atoms with Crippen LogP contribution >= 0.6 is 0 Å². The van der Waals surface area contributed by atoms with E-state index in [1.807, 2.05) is 30.3 Å². The zero-order valence-corrected chi connectivity index (χ0v) is 12.1. The first-order valence-electron chi connectivity index (χ1n) is 6.82. The molecule has 1 rings (SSSR count). The number of amides is 1. The van der Waals surface area contributed by atoms with E-state index in [4.69, 9.17) is 10.4 Å². The Kier molecular flexibility index (Phi) is 6.20. The lowest BCUT2D eigenvalue weighted by Crippen LogP contribution is -2.32. The molecule has 0 aromatic heterocycles. The van der Waals surface area contributed by atoms with Crippen LogP contribution in [0, 0.1) is 16.7 Å². The Morgan fingerprint density at radius 3 is 2.60 bits per heavy atom. The van der Waals surface area contributed by atoms with Crippen LogP contribution in [0.25, 0.3) is 0 Å². The Balaban J connectivity index is 2.56. The summed E-state index contributed by atoms with van der Waals surface area (Å²) < 4.78 is 0. The second-order valence-electron chi connectivity index (χ2n) is 5.60. The van der Waals surface area contributed by atoms with E-state index >= 15 is 0 Å². The highest BCUT2D eigenvalue weighted by Gasteiger charge is 2.22. The fraction of sp³-hybridized carbons (Fsp3) is 0.500. The maximum Gasteiger partial charge on any atom is 0.221 e. The van der Waals surface area contributed by atoms with Crippen molar-refractivity contribution in [3.05, 3.63) is 35.9 Å². The molecule has 0 aliphatic carbocycles. The summed E-state index contributed by atoms with van der Waals surface area (Å²) in [6.07, 6.45) is 0.788. The molecule has 1 aromatic rings. The van der Waals surface area contributed by atoms with Gasteiger partial charge in [0.05, 0.1) is 11.5 Å². The van der Waals surface area contributed by atoms with Gasteiger partial charge in [0.25, 0.3) is 0 Å². The molecule has 0 spiro atoms. The first kappa shape index (κ1) is 16.2. The van der Waals surface area contributed by atoms with Gasteiger partial charge >= 0.3 is 0 Å². The number of aliphatic hydroxyl groups excluding tert-OH is 1. The van der Waals surface area contributed by atoms with Crippen molar-refractivity contribution >= 4 is 5.91 Å². The van der Waals surface area contributed by atoms with Gasteiger partial charge in [-0.15, -0.1) is 0 Å². The van der Waals surface area contributed by atoms with Crippen LogP contribution in [0.5, 0.6) is 0 Å². The SMILES string of the molecule is CC(C)(C#N)CC(=O)NC[C@H](CCO)c1ccccc1. The number of carbonyl (C=O) groups excluding carboxylic acids is 1. The van der Waals surface area contributed by atoms with E-state index in [-0.39, 0.29) is 24.9 Å². The molecule has 108 valence electrons. The van der Waals surface area contributed by atoms with Gasteiger partial charge in [-0.25, -0.2) is 0 Å². The molecule has 1 atom stereocenters. The van der Waals surface area contributed by atoms with Crippen LogP contribution in [0.3, 0.4) is 0 Å². The highest BCUT2D eigenvalue weighted by Crippen LogP contribution is 2.20. The summed E-state index contributed by atoms with van der Waals surface area (Å²) in [5, 5.41) is 20.9. The summed E-state index contributed by atoms with van der Waals surface area (Å²) in [5.41, 5.74) is 0.449. The van der Waals surface area contributed by atoms with Crippen molar-refractivity contribution in [1.29, 1.82) is 5.26 Å². The van der Waals surface area contributed by atoms with E-state index in [1.54, 1.807) is 13.8 Å². The Bertz CT molecular complexity index is 463. The van der Waals surface area contributed by atoms with Crippen molar-refractivity contribution in [1.82, 2.24) is 5.32 Å². The molecule has 0 saturated carbocycles. The molecule has 0 saturated heterocycles. The van der Waals surface area contributed by atoms with E-state index in [1.165, 1.54) is 0 Å². The number of rotatable bonds is 7. The smallest absolute Gasteiger partial charge is 0.221 e. The van der Waals surface area contributed by atoms with Gasteiger partial charge in [-0.05, 0) is 25.8 Å². The first-order chi connectivity index (χ1) is 9.48. The van der Waals surface area contributed by atoms with E-state index in [0.29, 0.717) is 13.0 Å². The van der Waals surface area contributed by atoms with Crippen LogP contribution in [-0.4, -0.2) is 24.2 Å². The molecule has 0 aliphatic rings. The predicted octanol–water partition coefficient (Wildman–Crippen LogP) is 2.21. The minimum absolute atomic E-state index is 0.0825. The topological polar surface area (TPSA) is 73.1 Å². The van der Waals surface area contributed by atoms with Crippen molar-refractivity contribution < 1.29 is 9.90 Å². The molecular weight excluding hydrogens is 252 g/mol. The molecule has 4 heteroatoms. The third-order valence-electron chi connectivity index (χ3n) is 3.20. The van der Waals surface area contributed by atoms with Gasteiger partial charge in [0.2, 0.25) is 5.91 Å². The van der Waals surface area contributed by atoms with Crippen LogP contribution in [0.15, 0.2) is 30.3 Å². The van der Waals surface area contributed by atoms with Gasteiger partial charge in [0.15, 0.2) is 0 Å². The van der Waals surface area contributed by atoms with Gasteiger partial charge in [0.1, 0.15) is 0 Å². The fourth-order valence-electron chi connectivity index (χ4n) is 2.01. The number of benzene rings is 1. The number of nitrogens with one attached hydrogen (secondary N) is 1. The lowest BCUT2D eigenvalue weighted by Gasteiger charge is -2.19. The van der Waals surface area contributed by atoms with Crippen molar-refractivity contribution in [2.24, 2.45) is 5.41 Å². The molecule has 0 fully saturated rings. The van der Waals surface area contributed by atoms with Gasteiger partial charge < -0.3 is 10.4 Å². The van der Waals surface area contributed by atoms with Crippen molar-refractivity contribution in [3.63, 3.8) is 0 Å².